The number of carbonyl (C=O) groups is 1. The Bertz CT molecular complexity index is 985. The quantitative estimate of drug-likeness (QED) is 0.445. The molecule has 7 heteroatoms. The number of nitro groups is 1. The number of amides is 1. The second-order valence-corrected chi connectivity index (χ2v) is 7.28. The van der Waals surface area contributed by atoms with Crippen molar-refractivity contribution in [3.63, 3.8) is 0 Å². The molecule has 1 atom stereocenters. The van der Waals surface area contributed by atoms with Gasteiger partial charge >= 0.3 is 0 Å². The monoisotopic (exact) mass is 394 g/mol. The Kier molecular flexibility index (Phi) is 5.31. The van der Waals surface area contributed by atoms with Gasteiger partial charge in [-0.25, -0.2) is 0 Å². The normalized spacial score (nSPS) is 17.9. The van der Waals surface area contributed by atoms with Gasteiger partial charge in [0.05, 0.1) is 17.6 Å². The Morgan fingerprint density at radius 3 is 2.93 bits per heavy atom. The maximum absolute atomic E-state index is 12.9. The second kappa shape index (κ2) is 8.05. The summed E-state index contributed by atoms with van der Waals surface area (Å²) >= 11 is 0. The number of nitro benzene ring substituents is 1. The van der Waals surface area contributed by atoms with E-state index in [0.717, 1.165) is 19.3 Å². The summed E-state index contributed by atoms with van der Waals surface area (Å²) < 4.78 is 10.7. The van der Waals surface area contributed by atoms with Crippen molar-refractivity contribution in [3.05, 3.63) is 74.8 Å². The topological polar surface area (TPSA) is 81.9 Å². The number of non-ortho nitro benzene ring substituents is 1. The van der Waals surface area contributed by atoms with Crippen LogP contribution in [0.3, 0.4) is 0 Å². The molecule has 0 N–H and O–H groups in total. The Balaban J connectivity index is 1.59. The molecule has 1 amide bonds. The summed E-state index contributed by atoms with van der Waals surface area (Å²) in [6, 6.07) is 11.1. The van der Waals surface area contributed by atoms with E-state index in [1.54, 1.807) is 18.0 Å². The standard InChI is InChI=1S/C22H22N2O5/c1-23(20-8-4-6-15-5-2-3-7-19(15)20)21(25)10-9-16-11-18(24(26)27)12-17-13-28-14-29-22(16)17/h2-3,5,7,9-12,20H,4,6,8,13-14H2,1H3/b10-9+. The van der Waals surface area contributed by atoms with Gasteiger partial charge in [-0.05, 0) is 36.5 Å². The summed E-state index contributed by atoms with van der Waals surface area (Å²) in [5, 5.41) is 11.2. The van der Waals surface area contributed by atoms with Crippen molar-refractivity contribution in [2.45, 2.75) is 31.9 Å². The highest BCUT2D eigenvalue weighted by Gasteiger charge is 2.26. The van der Waals surface area contributed by atoms with Gasteiger partial charge < -0.3 is 14.4 Å². The van der Waals surface area contributed by atoms with E-state index in [-0.39, 0.29) is 31.0 Å². The average Bonchev–Trinajstić information content (AvgIpc) is 2.76. The zero-order chi connectivity index (χ0) is 20.4. The van der Waals surface area contributed by atoms with E-state index in [0.29, 0.717) is 16.9 Å². The predicted molar refractivity (Wildman–Crippen MR) is 107 cm³/mol. The number of nitrogens with zero attached hydrogens (tertiary/aromatic N) is 2. The van der Waals surface area contributed by atoms with Crippen molar-refractivity contribution in [2.75, 3.05) is 13.8 Å². The number of rotatable bonds is 4. The Hall–Kier alpha value is -3.19. The van der Waals surface area contributed by atoms with E-state index >= 15 is 0 Å². The highest BCUT2D eigenvalue weighted by Crippen LogP contribution is 2.35. The third kappa shape index (κ3) is 3.86. The number of benzene rings is 2. The first kappa shape index (κ1) is 19.1. The second-order valence-electron chi connectivity index (χ2n) is 7.28. The van der Waals surface area contributed by atoms with Gasteiger partial charge in [-0.15, -0.1) is 0 Å². The fourth-order valence-electron chi connectivity index (χ4n) is 4.02. The molecule has 1 unspecified atom stereocenters. The van der Waals surface area contributed by atoms with Crippen molar-refractivity contribution in [3.8, 4) is 5.75 Å². The third-order valence-electron chi connectivity index (χ3n) is 5.49. The van der Waals surface area contributed by atoms with E-state index in [1.807, 2.05) is 12.1 Å². The maximum atomic E-state index is 12.9. The Labute approximate surface area is 168 Å². The van der Waals surface area contributed by atoms with Gasteiger partial charge in [0.15, 0.2) is 6.79 Å². The van der Waals surface area contributed by atoms with Crippen LogP contribution in [0.4, 0.5) is 5.69 Å². The van der Waals surface area contributed by atoms with Crippen LogP contribution in [0.2, 0.25) is 0 Å². The van der Waals surface area contributed by atoms with Gasteiger partial charge in [-0.1, -0.05) is 24.3 Å². The molecule has 29 heavy (non-hydrogen) atoms. The van der Waals surface area contributed by atoms with Crippen molar-refractivity contribution < 1.29 is 19.2 Å². The smallest absolute Gasteiger partial charge is 0.270 e. The van der Waals surface area contributed by atoms with Crippen LogP contribution < -0.4 is 4.74 Å². The summed E-state index contributed by atoms with van der Waals surface area (Å²) in [6.07, 6.45) is 6.03. The molecule has 0 aromatic heterocycles. The van der Waals surface area contributed by atoms with Crippen LogP contribution in [0.5, 0.6) is 5.75 Å². The van der Waals surface area contributed by atoms with Gasteiger partial charge in [0.1, 0.15) is 5.75 Å². The molecule has 2 aromatic carbocycles. The lowest BCUT2D eigenvalue weighted by molar-refractivity contribution is -0.385. The molecule has 2 aromatic rings. The van der Waals surface area contributed by atoms with Crippen LogP contribution in [0.15, 0.2) is 42.5 Å². The van der Waals surface area contributed by atoms with Crippen molar-refractivity contribution in [1.82, 2.24) is 4.90 Å². The number of carbonyl (C=O) groups excluding carboxylic acids is 1. The highest BCUT2D eigenvalue weighted by atomic mass is 16.7. The molecule has 0 spiro atoms. The van der Waals surface area contributed by atoms with Crippen LogP contribution in [0, 0.1) is 10.1 Å². The van der Waals surface area contributed by atoms with E-state index in [2.05, 4.69) is 12.1 Å². The lowest BCUT2D eigenvalue weighted by Crippen LogP contribution is -2.32. The molecule has 0 bridgehead atoms. The lowest BCUT2D eigenvalue weighted by Gasteiger charge is -2.32. The molecule has 7 nitrogen and oxygen atoms in total. The average molecular weight is 394 g/mol. The van der Waals surface area contributed by atoms with Crippen LogP contribution in [-0.4, -0.2) is 29.6 Å². The zero-order valence-corrected chi connectivity index (χ0v) is 16.2. The number of likely N-dealkylation sites (N-methyl/N-ethyl adjacent to an activating group) is 1. The first-order valence-electron chi connectivity index (χ1n) is 9.59. The molecule has 2 aliphatic rings. The number of fused-ring (bicyclic) bond motifs is 2. The summed E-state index contributed by atoms with van der Waals surface area (Å²) in [4.78, 5) is 25.4. The minimum atomic E-state index is -0.459. The molecule has 150 valence electrons. The van der Waals surface area contributed by atoms with E-state index in [1.165, 1.54) is 29.3 Å². The SMILES string of the molecule is CN(C(=O)/C=C/c1cc([N+](=O)[O-])cc2c1OCOC2)C1CCCc2ccccc21. The van der Waals surface area contributed by atoms with Gasteiger partial charge in [0, 0.05) is 36.4 Å². The fourth-order valence-corrected chi connectivity index (χ4v) is 4.02. The third-order valence-corrected chi connectivity index (χ3v) is 5.49. The molecule has 0 saturated heterocycles. The van der Waals surface area contributed by atoms with E-state index in [4.69, 9.17) is 9.47 Å². The Morgan fingerprint density at radius 2 is 2.10 bits per heavy atom. The summed E-state index contributed by atoms with van der Waals surface area (Å²) in [6.45, 7) is 0.322. The van der Waals surface area contributed by atoms with Crippen molar-refractivity contribution in [2.24, 2.45) is 0 Å². The molecule has 1 aliphatic carbocycles. The van der Waals surface area contributed by atoms with Crippen LogP contribution in [-0.2, 0) is 22.6 Å². The molecule has 1 heterocycles. The van der Waals surface area contributed by atoms with E-state index in [9.17, 15) is 14.9 Å². The molecular formula is C22H22N2O5. The maximum Gasteiger partial charge on any atom is 0.270 e. The van der Waals surface area contributed by atoms with Crippen LogP contribution >= 0.6 is 0 Å². The Morgan fingerprint density at radius 1 is 1.28 bits per heavy atom. The summed E-state index contributed by atoms with van der Waals surface area (Å²) in [5.74, 6) is 0.371. The molecular weight excluding hydrogens is 372 g/mol. The number of ether oxygens (including phenoxy) is 2. The largest absolute Gasteiger partial charge is 0.467 e. The van der Waals surface area contributed by atoms with Crippen LogP contribution in [0.25, 0.3) is 6.08 Å². The van der Waals surface area contributed by atoms with E-state index < -0.39 is 4.92 Å². The van der Waals surface area contributed by atoms with Gasteiger partial charge in [-0.3, -0.25) is 14.9 Å². The number of aryl methyl sites for hydroxylation is 1. The lowest BCUT2D eigenvalue weighted by atomic mass is 9.87. The van der Waals surface area contributed by atoms with Crippen molar-refractivity contribution >= 4 is 17.7 Å². The highest BCUT2D eigenvalue weighted by molar-refractivity contribution is 5.92. The van der Waals surface area contributed by atoms with Gasteiger partial charge in [0.25, 0.3) is 5.69 Å². The fraction of sp³-hybridized carbons (Fsp3) is 0.318. The van der Waals surface area contributed by atoms with Crippen LogP contribution in [0.1, 0.15) is 41.1 Å². The van der Waals surface area contributed by atoms with Gasteiger partial charge in [0.2, 0.25) is 5.91 Å². The molecule has 0 radical (unpaired) electrons. The minimum Gasteiger partial charge on any atom is -0.467 e. The zero-order valence-electron chi connectivity index (χ0n) is 16.2. The number of hydrogen-bond acceptors (Lipinski definition) is 5. The molecule has 0 fully saturated rings. The molecule has 0 saturated carbocycles. The molecule has 4 rings (SSSR count). The number of hydrogen-bond donors (Lipinski definition) is 0. The summed E-state index contributed by atoms with van der Waals surface area (Å²) in [7, 11) is 1.80. The van der Waals surface area contributed by atoms with Gasteiger partial charge in [-0.2, -0.15) is 0 Å². The minimum absolute atomic E-state index is 0.0285. The molecule has 1 aliphatic heterocycles. The first-order chi connectivity index (χ1) is 14.0. The first-order valence-corrected chi connectivity index (χ1v) is 9.59. The summed E-state index contributed by atoms with van der Waals surface area (Å²) in [5.41, 5.74) is 3.53. The predicted octanol–water partition coefficient (Wildman–Crippen LogP) is 4.01. The van der Waals surface area contributed by atoms with Crippen molar-refractivity contribution in [1.29, 1.82) is 0 Å².